The zero-order chi connectivity index (χ0) is 8.97. The van der Waals surface area contributed by atoms with E-state index in [-0.39, 0.29) is 0 Å². The maximum Gasteiger partial charge on any atom is 0.228 e. The Balaban J connectivity index is 2.94. The Kier molecular flexibility index (Phi) is 3.31. The fourth-order valence-corrected chi connectivity index (χ4v) is 1.16. The van der Waals surface area contributed by atoms with Crippen LogP contribution in [-0.4, -0.2) is 6.86 Å². The number of halogens is 2. The quantitative estimate of drug-likeness (QED) is 0.622. The molecule has 3 N–H and O–H groups in total. The Morgan fingerprint density at radius 1 is 1.58 bits per heavy atom. The predicted octanol–water partition coefficient (Wildman–Crippen LogP) is 2.04. The molecule has 0 aliphatic rings. The second-order valence-electron chi connectivity index (χ2n) is 2.04. The number of alkyl halides is 1. The van der Waals surface area contributed by atoms with Gasteiger partial charge in [0.1, 0.15) is 5.75 Å². The summed E-state index contributed by atoms with van der Waals surface area (Å²) in [6.45, 7) is -0.865. The SMILES string of the molecule is NNc1cc(Br)ccc1OCF. The molecule has 0 saturated heterocycles. The number of rotatable bonds is 3. The van der Waals surface area contributed by atoms with Gasteiger partial charge in [-0.3, -0.25) is 5.84 Å². The summed E-state index contributed by atoms with van der Waals surface area (Å²) < 4.78 is 17.3. The van der Waals surface area contributed by atoms with Gasteiger partial charge in [0.2, 0.25) is 6.86 Å². The smallest absolute Gasteiger partial charge is 0.228 e. The van der Waals surface area contributed by atoms with Crippen LogP contribution in [0.1, 0.15) is 0 Å². The second-order valence-corrected chi connectivity index (χ2v) is 2.95. The molecule has 1 aromatic rings. The minimum Gasteiger partial charge on any atom is -0.461 e. The molecule has 1 rings (SSSR count). The lowest BCUT2D eigenvalue weighted by molar-refractivity contribution is 0.192. The van der Waals surface area contributed by atoms with E-state index in [1.54, 1.807) is 18.2 Å². The van der Waals surface area contributed by atoms with Crippen LogP contribution in [0.3, 0.4) is 0 Å². The van der Waals surface area contributed by atoms with Gasteiger partial charge in [0.15, 0.2) is 0 Å². The van der Waals surface area contributed by atoms with Crippen LogP contribution < -0.4 is 16.0 Å². The number of nitrogen functional groups attached to an aromatic ring is 1. The van der Waals surface area contributed by atoms with Gasteiger partial charge in [-0.25, -0.2) is 4.39 Å². The highest BCUT2D eigenvalue weighted by molar-refractivity contribution is 9.10. The fourth-order valence-electron chi connectivity index (χ4n) is 0.800. The Bertz CT molecular complexity index is 270. The molecule has 1 aromatic carbocycles. The van der Waals surface area contributed by atoms with Crippen LogP contribution in [0.2, 0.25) is 0 Å². The Morgan fingerprint density at radius 3 is 2.92 bits per heavy atom. The van der Waals surface area contributed by atoms with E-state index in [0.717, 1.165) is 4.47 Å². The van der Waals surface area contributed by atoms with Gasteiger partial charge in [0.25, 0.3) is 0 Å². The summed E-state index contributed by atoms with van der Waals surface area (Å²) in [4.78, 5) is 0. The van der Waals surface area contributed by atoms with Crippen LogP contribution in [0.15, 0.2) is 22.7 Å². The number of hydrazine groups is 1. The van der Waals surface area contributed by atoms with Crippen molar-refractivity contribution in [3.8, 4) is 5.75 Å². The maximum absolute atomic E-state index is 11.8. The molecule has 0 atom stereocenters. The molecular weight excluding hydrogens is 227 g/mol. The van der Waals surface area contributed by atoms with Gasteiger partial charge in [-0.1, -0.05) is 15.9 Å². The number of hydrogen-bond acceptors (Lipinski definition) is 3. The summed E-state index contributed by atoms with van der Waals surface area (Å²) in [5.74, 6) is 5.57. The molecule has 0 fully saturated rings. The van der Waals surface area contributed by atoms with Crippen molar-refractivity contribution in [3.05, 3.63) is 22.7 Å². The number of ether oxygens (including phenoxy) is 1. The largest absolute Gasteiger partial charge is 0.461 e. The van der Waals surface area contributed by atoms with E-state index in [1.807, 2.05) is 0 Å². The predicted molar refractivity (Wildman–Crippen MR) is 48.6 cm³/mol. The van der Waals surface area contributed by atoms with E-state index in [9.17, 15) is 4.39 Å². The van der Waals surface area contributed by atoms with Crippen LogP contribution in [0, 0.1) is 0 Å². The number of hydrogen-bond donors (Lipinski definition) is 2. The average Bonchev–Trinajstić information content (AvgIpc) is 2.08. The molecule has 0 aromatic heterocycles. The molecule has 5 heteroatoms. The molecule has 0 saturated carbocycles. The van der Waals surface area contributed by atoms with Gasteiger partial charge in [0, 0.05) is 4.47 Å². The maximum atomic E-state index is 11.8. The van der Waals surface area contributed by atoms with Crippen molar-refractivity contribution in [1.82, 2.24) is 0 Å². The number of nitrogens with two attached hydrogens (primary N) is 1. The zero-order valence-corrected chi connectivity index (χ0v) is 7.77. The molecule has 0 amide bonds. The first kappa shape index (κ1) is 9.28. The van der Waals surface area contributed by atoms with Crippen molar-refractivity contribution in [1.29, 1.82) is 0 Å². The zero-order valence-electron chi connectivity index (χ0n) is 6.18. The molecular formula is C7H8BrFN2O. The molecule has 0 aliphatic carbocycles. The van der Waals surface area contributed by atoms with E-state index in [2.05, 4.69) is 26.1 Å². The lowest BCUT2D eigenvalue weighted by Crippen LogP contribution is -2.08. The van der Waals surface area contributed by atoms with E-state index < -0.39 is 6.86 Å². The standard InChI is InChI=1S/C7H8BrFN2O/c8-5-1-2-7(12-4-9)6(3-5)11-10/h1-3,11H,4,10H2. The molecule has 0 aliphatic heterocycles. The third kappa shape index (κ3) is 2.09. The third-order valence-corrected chi connectivity index (χ3v) is 1.80. The van der Waals surface area contributed by atoms with E-state index in [4.69, 9.17) is 5.84 Å². The van der Waals surface area contributed by atoms with Gasteiger partial charge >= 0.3 is 0 Å². The Hall–Kier alpha value is -0.810. The topological polar surface area (TPSA) is 47.3 Å². The van der Waals surface area contributed by atoms with Crippen molar-refractivity contribution in [3.63, 3.8) is 0 Å². The van der Waals surface area contributed by atoms with Crippen molar-refractivity contribution >= 4 is 21.6 Å². The van der Waals surface area contributed by atoms with Crippen molar-refractivity contribution in [2.45, 2.75) is 0 Å². The van der Waals surface area contributed by atoms with Crippen LogP contribution in [0.4, 0.5) is 10.1 Å². The highest BCUT2D eigenvalue weighted by Crippen LogP contribution is 2.27. The van der Waals surface area contributed by atoms with E-state index in [1.165, 1.54) is 0 Å². The fraction of sp³-hybridized carbons (Fsp3) is 0.143. The van der Waals surface area contributed by atoms with Gasteiger partial charge in [-0.05, 0) is 18.2 Å². The summed E-state index contributed by atoms with van der Waals surface area (Å²) in [5.41, 5.74) is 2.94. The number of nitrogens with one attached hydrogen (secondary N) is 1. The Morgan fingerprint density at radius 2 is 2.33 bits per heavy atom. The van der Waals surface area contributed by atoms with Crippen LogP contribution in [0.25, 0.3) is 0 Å². The number of anilines is 1. The van der Waals surface area contributed by atoms with Crippen molar-refractivity contribution < 1.29 is 9.13 Å². The van der Waals surface area contributed by atoms with E-state index >= 15 is 0 Å². The second kappa shape index (κ2) is 4.27. The van der Waals surface area contributed by atoms with Crippen LogP contribution >= 0.6 is 15.9 Å². The highest BCUT2D eigenvalue weighted by atomic mass is 79.9. The van der Waals surface area contributed by atoms with Crippen molar-refractivity contribution in [2.75, 3.05) is 12.3 Å². The summed E-state index contributed by atoms with van der Waals surface area (Å²) in [6.07, 6.45) is 0. The first-order valence-corrected chi connectivity index (χ1v) is 4.02. The Labute approximate surface area is 77.8 Å². The minimum absolute atomic E-state index is 0.392. The molecule has 0 spiro atoms. The number of benzene rings is 1. The first-order chi connectivity index (χ1) is 5.77. The normalized spacial score (nSPS) is 9.58. The molecule has 0 heterocycles. The van der Waals surface area contributed by atoms with Crippen LogP contribution in [0.5, 0.6) is 5.75 Å². The summed E-state index contributed by atoms with van der Waals surface area (Å²) >= 11 is 3.24. The summed E-state index contributed by atoms with van der Waals surface area (Å²) in [5, 5.41) is 0. The molecule has 0 radical (unpaired) electrons. The monoisotopic (exact) mass is 234 g/mol. The van der Waals surface area contributed by atoms with Gasteiger partial charge in [-0.2, -0.15) is 0 Å². The highest BCUT2D eigenvalue weighted by Gasteiger charge is 2.01. The van der Waals surface area contributed by atoms with Gasteiger partial charge in [0.05, 0.1) is 5.69 Å². The molecule has 3 nitrogen and oxygen atoms in total. The van der Waals surface area contributed by atoms with Crippen LogP contribution in [-0.2, 0) is 0 Å². The molecule has 0 unspecified atom stereocenters. The lowest BCUT2D eigenvalue weighted by atomic mass is 10.3. The summed E-state index contributed by atoms with van der Waals surface area (Å²) in [6, 6.07) is 5.07. The summed E-state index contributed by atoms with van der Waals surface area (Å²) in [7, 11) is 0. The molecule has 12 heavy (non-hydrogen) atoms. The van der Waals surface area contributed by atoms with Crippen molar-refractivity contribution in [2.24, 2.45) is 5.84 Å². The third-order valence-electron chi connectivity index (χ3n) is 1.31. The van der Waals surface area contributed by atoms with Gasteiger partial charge in [-0.15, -0.1) is 0 Å². The molecule has 0 bridgehead atoms. The van der Waals surface area contributed by atoms with Gasteiger partial charge < -0.3 is 10.2 Å². The minimum atomic E-state index is -0.865. The van der Waals surface area contributed by atoms with E-state index in [0.29, 0.717) is 11.4 Å². The average molecular weight is 235 g/mol. The molecule has 66 valence electrons. The first-order valence-electron chi connectivity index (χ1n) is 3.23. The lowest BCUT2D eigenvalue weighted by Gasteiger charge is -2.07.